The van der Waals surface area contributed by atoms with Gasteiger partial charge in [0.25, 0.3) is 5.91 Å². The van der Waals surface area contributed by atoms with Crippen molar-refractivity contribution in [2.75, 3.05) is 11.5 Å². The summed E-state index contributed by atoms with van der Waals surface area (Å²) in [5.74, 6) is -7.69. The van der Waals surface area contributed by atoms with Crippen LogP contribution in [-0.2, 0) is 26.2 Å². The number of rotatable bonds is 10. The molecule has 3 heterocycles. The van der Waals surface area contributed by atoms with Crippen LogP contribution in [0, 0.1) is 5.92 Å². The zero-order valence-electron chi connectivity index (χ0n) is 31.3. The molecule has 2 fully saturated rings. The number of phenolic OH excluding ortho intramolecular Hbond substituents is 2. The van der Waals surface area contributed by atoms with Crippen LogP contribution in [0.2, 0.25) is 0 Å². The Morgan fingerprint density at radius 3 is 2.43 bits per heavy atom. The number of ether oxygens (including phenoxy) is 2. The van der Waals surface area contributed by atoms with Gasteiger partial charge in [-0.3, -0.25) is 9.69 Å². The number of aliphatic carboxylic acids is 1. The molecule has 4 aromatic rings. The Hall–Kier alpha value is -5.55. The van der Waals surface area contributed by atoms with Gasteiger partial charge in [0.15, 0.2) is 23.1 Å². The molecular formula is C43H45N3O12. The number of nitrogens with one attached hydrogen (secondary N) is 1. The van der Waals surface area contributed by atoms with Crippen LogP contribution in [0.1, 0.15) is 66.0 Å². The number of allylic oxidation sites excluding steroid dienone is 1. The smallest absolute Gasteiger partial charge is 0.355 e. The summed E-state index contributed by atoms with van der Waals surface area (Å²) in [4.78, 5) is 36.8. The third-order valence-electron chi connectivity index (χ3n) is 12.4. The van der Waals surface area contributed by atoms with Gasteiger partial charge in [-0.05, 0) is 59.7 Å². The lowest BCUT2D eigenvalue weighted by atomic mass is 9.57. The fourth-order valence-corrected chi connectivity index (χ4v) is 9.60. The number of aromatic hydroxyl groups is 2. The summed E-state index contributed by atoms with van der Waals surface area (Å²) in [5.41, 5.74) is 0.681. The Morgan fingerprint density at radius 2 is 1.74 bits per heavy atom. The molecule has 3 aromatic carbocycles. The summed E-state index contributed by atoms with van der Waals surface area (Å²) in [7, 11) is 0. The topological polar surface area (TPSA) is 246 Å². The number of nitrogens with zero attached hydrogens (tertiary/aromatic N) is 2. The number of hydrogen-bond acceptors (Lipinski definition) is 12. The maximum absolute atomic E-state index is 14.7. The number of carboxylic acids is 1. The minimum Gasteiger partial charge on any atom is -0.508 e. The number of H-pyrrole nitrogens is 1. The lowest BCUT2D eigenvalue weighted by molar-refractivity contribution is -0.422. The Morgan fingerprint density at radius 1 is 0.983 bits per heavy atom. The van der Waals surface area contributed by atoms with Crippen LogP contribution in [0.3, 0.4) is 0 Å². The molecule has 0 radical (unpaired) electrons. The molecule has 304 valence electrons. The van der Waals surface area contributed by atoms with Gasteiger partial charge in [0.05, 0.1) is 18.6 Å². The Kier molecular flexibility index (Phi) is 10.2. The minimum absolute atomic E-state index is 0.0297. The van der Waals surface area contributed by atoms with Crippen LogP contribution in [0.15, 0.2) is 91.4 Å². The van der Waals surface area contributed by atoms with E-state index < -0.39 is 83.2 Å². The molecular weight excluding hydrogens is 750 g/mol. The predicted octanol–water partition coefficient (Wildman–Crippen LogP) is 2.97. The molecule has 1 saturated carbocycles. The second kappa shape index (κ2) is 15.0. The van der Waals surface area contributed by atoms with Crippen LogP contribution < -0.4 is 9.64 Å². The van der Waals surface area contributed by atoms with Crippen molar-refractivity contribution in [2.45, 2.75) is 85.8 Å². The highest BCUT2D eigenvalue weighted by molar-refractivity contribution is 6.13. The fourth-order valence-electron chi connectivity index (χ4n) is 9.60. The van der Waals surface area contributed by atoms with Gasteiger partial charge in [-0.25, -0.2) is 9.78 Å². The Labute approximate surface area is 332 Å². The van der Waals surface area contributed by atoms with E-state index in [0.717, 1.165) is 48.3 Å². The van der Waals surface area contributed by atoms with Gasteiger partial charge in [0, 0.05) is 47.4 Å². The van der Waals surface area contributed by atoms with Crippen molar-refractivity contribution in [3.8, 4) is 17.2 Å². The van der Waals surface area contributed by atoms with E-state index in [-0.39, 0.29) is 11.4 Å². The normalized spacial score (nSPS) is 30.0. The SMILES string of the molecule is O=C(C=Cc1ccc(O)c(Cc2cnc[nH]2)c1)N1c2cc(OC3(O)OC(CO)C(O)C(O)C3O)c(O)cc2C2C(C3(c4ccccc4)CCCCC3)C=CC21C(=O)O. The fraction of sp³-hybridized carbons (Fsp3) is 0.372. The second-order valence-electron chi connectivity index (χ2n) is 15.6. The van der Waals surface area contributed by atoms with Gasteiger partial charge in [0.1, 0.15) is 24.1 Å². The number of imidazole rings is 1. The summed E-state index contributed by atoms with van der Waals surface area (Å²) in [6.45, 7) is -0.882. The first-order valence-corrected chi connectivity index (χ1v) is 19.2. The van der Waals surface area contributed by atoms with Crippen molar-refractivity contribution in [3.05, 3.63) is 119 Å². The maximum atomic E-state index is 14.7. The summed E-state index contributed by atoms with van der Waals surface area (Å²) in [5, 5.41) is 86.0. The van der Waals surface area contributed by atoms with E-state index in [2.05, 4.69) is 9.97 Å². The van der Waals surface area contributed by atoms with Crippen LogP contribution in [0.25, 0.3) is 6.08 Å². The van der Waals surface area contributed by atoms with E-state index in [0.29, 0.717) is 23.1 Å². The zero-order valence-corrected chi connectivity index (χ0v) is 31.3. The van der Waals surface area contributed by atoms with E-state index >= 15 is 0 Å². The molecule has 4 aliphatic rings. The van der Waals surface area contributed by atoms with E-state index in [9.17, 15) is 50.4 Å². The van der Waals surface area contributed by atoms with Gasteiger partial charge < -0.3 is 55.3 Å². The average Bonchev–Trinajstić information content (AvgIpc) is 3.95. The monoisotopic (exact) mass is 795 g/mol. The van der Waals surface area contributed by atoms with Crippen molar-refractivity contribution >= 4 is 23.6 Å². The zero-order chi connectivity index (χ0) is 41.0. The maximum Gasteiger partial charge on any atom is 0.355 e. The first-order chi connectivity index (χ1) is 27.8. The quantitative estimate of drug-likeness (QED) is 0.0638. The van der Waals surface area contributed by atoms with Crippen molar-refractivity contribution in [2.24, 2.45) is 5.92 Å². The number of fused-ring (bicyclic) bond motifs is 3. The molecule has 1 amide bonds. The van der Waals surface area contributed by atoms with Gasteiger partial charge >= 0.3 is 11.9 Å². The van der Waals surface area contributed by atoms with Crippen molar-refractivity contribution < 1.29 is 59.9 Å². The molecule has 0 bridgehead atoms. The van der Waals surface area contributed by atoms with Gasteiger partial charge in [-0.2, -0.15) is 0 Å². The minimum atomic E-state index is -3.11. The number of hydrogen-bond donors (Lipinski definition) is 9. The van der Waals surface area contributed by atoms with E-state index in [4.69, 9.17) is 9.47 Å². The molecule has 9 N–H and O–H groups in total. The lowest BCUT2D eigenvalue weighted by Crippen LogP contribution is -2.67. The molecule has 15 heteroatoms. The van der Waals surface area contributed by atoms with Crippen LogP contribution in [-0.4, -0.2) is 105 Å². The molecule has 1 saturated heterocycles. The number of phenols is 2. The molecule has 0 spiro atoms. The molecule has 2 aliphatic carbocycles. The molecule has 15 nitrogen and oxygen atoms in total. The molecule has 8 atom stereocenters. The number of aliphatic hydroxyl groups excluding tert-OH is 4. The summed E-state index contributed by atoms with van der Waals surface area (Å²) in [6, 6.07) is 17.1. The summed E-state index contributed by atoms with van der Waals surface area (Å²) < 4.78 is 10.9. The van der Waals surface area contributed by atoms with Crippen molar-refractivity contribution in [1.82, 2.24) is 9.97 Å². The number of carboxylic acid groups (broad SMARTS) is 1. The lowest BCUT2D eigenvalue weighted by Gasteiger charge is -2.46. The number of aromatic nitrogens is 2. The predicted molar refractivity (Wildman–Crippen MR) is 207 cm³/mol. The molecule has 1 aromatic heterocycles. The molecule has 8 unspecified atom stereocenters. The number of amides is 1. The number of aromatic amines is 1. The van der Waals surface area contributed by atoms with E-state index in [1.807, 2.05) is 36.4 Å². The number of aliphatic hydroxyl groups is 5. The largest absolute Gasteiger partial charge is 0.508 e. The highest BCUT2D eigenvalue weighted by atomic mass is 16.8. The molecule has 8 rings (SSSR count). The van der Waals surface area contributed by atoms with Crippen LogP contribution >= 0.6 is 0 Å². The molecule has 2 aliphatic heterocycles. The standard InChI is InChI=1S/C43H45N3O12/c47-22-34-37(51)38(52)39(53)43(56,58-34)57-33-20-30-28(19-32(33)49)36-29(41(14-5-2-6-15-41)26-7-3-1-4-8-26)13-16-42(36,40(54)55)46(30)35(50)12-10-24-9-11-31(48)25(17-24)18-27-21-44-23-45-27/h1,3-4,7-13,16-17,19-21,23,29,34,36-39,47-49,51-53,56H,2,5-6,14-15,18,22H2,(H,44,45)(H,54,55). The van der Waals surface area contributed by atoms with Crippen molar-refractivity contribution in [3.63, 3.8) is 0 Å². The van der Waals surface area contributed by atoms with Gasteiger partial charge in [0.2, 0.25) is 0 Å². The number of benzene rings is 3. The van der Waals surface area contributed by atoms with Crippen molar-refractivity contribution in [1.29, 1.82) is 0 Å². The van der Waals surface area contributed by atoms with Gasteiger partial charge in [-0.1, -0.05) is 67.8 Å². The first-order valence-electron chi connectivity index (χ1n) is 19.2. The van der Waals surface area contributed by atoms with E-state index in [1.165, 1.54) is 36.7 Å². The second-order valence-corrected chi connectivity index (χ2v) is 15.6. The average molecular weight is 796 g/mol. The third-order valence-corrected chi connectivity index (χ3v) is 12.4. The number of anilines is 1. The van der Waals surface area contributed by atoms with Gasteiger partial charge in [-0.15, -0.1) is 0 Å². The van der Waals surface area contributed by atoms with Crippen LogP contribution in [0.5, 0.6) is 17.2 Å². The third kappa shape index (κ3) is 6.34. The Bertz CT molecular complexity index is 2240. The highest BCUT2D eigenvalue weighted by Gasteiger charge is 2.66. The van der Waals surface area contributed by atoms with E-state index in [1.54, 1.807) is 24.4 Å². The summed E-state index contributed by atoms with van der Waals surface area (Å²) in [6.07, 6.45) is 6.17. The summed E-state index contributed by atoms with van der Waals surface area (Å²) >= 11 is 0. The Balaban J connectivity index is 1.24. The first kappa shape index (κ1) is 39.3. The van der Waals surface area contributed by atoms with Crippen LogP contribution in [0.4, 0.5) is 5.69 Å². The number of carbonyl (C=O) groups excluding carboxylic acids is 1. The highest BCUT2D eigenvalue weighted by Crippen LogP contribution is 2.64. The molecule has 58 heavy (non-hydrogen) atoms. The number of carbonyl (C=O) groups is 2.